The van der Waals surface area contributed by atoms with Gasteiger partial charge in [0.05, 0.1) is 31.2 Å². The number of hydrogen-bond donors (Lipinski definition) is 1. The van der Waals surface area contributed by atoms with Crippen LogP contribution in [0.3, 0.4) is 0 Å². The Balaban J connectivity index is 1.09. The van der Waals surface area contributed by atoms with Gasteiger partial charge >= 0.3 is 0 Å². The third kappa shape index (κ3) is 7.08. The Bertz CT molecular complexity index is 1510. The first-order valence-corrected chi connectivity index (χ1v) is 13.8. The maximum absolute atomic E-state index is 12.6. The average molecular weight is 534 g/mol. The lowest BCUT2D eigenvalue weighted by molar-refractivity contribution is -0.120. The summed E-state index contributed by atoms with van der Waals surface area (Å²) < 4.78 is 13.4. The Labute approximate surface area is 235 Å². The molecule has 4 aromatic carbocycles. The van der Waals surface area contributed by atoms with Gasteiger partial charge in [-0.1, -0.05) is 66.7 Å². The summed E-state index contributed by atoms with van der Waals surface area (Å²) in [6, 6.07) is 34.3. The number of nitrogens with zero attached hydrogens (tertiary/aromatic N) is 2. The SMILES string of the molecule is COc1ccc(OCCCn2c(CCCNC(=O)Cc3ccc(-c4ccccc4)cc3)nc3ccccc32)cc1. The largest absolute Gasteiger partial charge is 0.497 e. The lowest BCUT2D eigenvalue weighted by atomic mass is 10.0. The Morgan fingerprint density at radius 2 is 1.50 bits per heavy atom. The number of nitrogens with one attached hydrogen (secondary N) is 1. The van der Waals surface area contributed by atoms with E-state index in [4.69, 9.17) is 14.5 Å². The predicted octanol–water partition coefficient (Wildman–Crippen LogP) is 6.47. The summed E-state index contributed by atoms with van der Waals surface area (Å²) >= 11 is 0. The van der Waals surface area contributed by atoms with Crippen molar-refractivity contribution in [1.82, 2.24) is 14.9 Å². The molecule has 0 bridgehead atoms. The summed E-state index contributed by atoms with van der Waals surface area (Å²) in [5.74, 6) is 2.72. The minimum atomic E-state index is 0.0386. The van der Waals surface area contributed by atoms with Gasteiger partial charge in [-0.15, -0.1) is 0 Å². The van der Waals surface area contributed by atoms with Crippen molar-refractivity contribution in [2.45, 2.75) is 32.2 Å². The number of aryl methyl sites for hydroxylation is 2. The summed E-state index contributed by atoms with van der Waals surface area (Å²) in [6.07, 6.45) is 2.85. The van der Waals surface area contributed by atoms with Gasteiger partial charge < -0.3 is 19.4 Å². The molecule has 40 heavy (non-hydrogen) atoms. The molecule has 0 spiro atoms. The highest BCUT2D eigenvalue weighted by Gasteiger charge is 2.11. The van der Waals surface area contributed by atoms with Gasteiger partial charge in [-0.05, 0) is 65.9 Å². The van der Waals surface area contributed by atoms with Crippen molar-refractivity contribution in [2.24, 2.45) is 0 Å². The van der Waals surface area contributed by atoms with Crippen LogP contribution in [0.5, 0.6) is 11.5 Å². The zero-order chi connectivity index (χ0) is 27.6. The van der Waals surface area contributed by atoms with Crippen LogP contribution in [0.25, 0.3) is 22.2 Å². The van der Waals surface area contributed by atoms with Crippen LogP contribution < -0.4 is 14.8 Å². The Morgan fingerprint density at radius 3 is 2.27 bits per heavy atom. The van der Waals surface area contributed by atoms with E-state index >= 15 is 0 Å². The fourth-order valence-corrected chi connectivity index (χ4v) is 4.82. The molecule has 0 fully saturated rings. The van der Waals surface area contributed by atoms with Crippen molar-refractivity contribution >= 4 is 16.9 Å². The molecule has 1 heterocycles. The second-order valence-electron chi connectivity index (χ2n) is 9.74. The number of hydrogen-bond acceptors (Lipinski definition) is 4. The van der Waals surface area contributed by atoms with E-state index in [9.17, 15) is 4.79 Å². The highest BCUT2D eigenvalue weighted by Crippen LogP contribution is 2.21. The molecule has 1 amide bonds. The number of para-hydroxylation sites is 2. The van der Waals surface area contributed by atoms with Crippen molar-refractivity contribution in [3.05, 3.63) is 115 Å². The van der Waals surface area contributed by atoms with Crippen LogP contribution >= 0.6 is 0 Å². The molecule has 0 aliphatic carbocycles. The molecule has 1 N–H and O–H groups in total. The fraction of sp³-hybridized carbons (Fsp3) is 0.235. The first kappa shape index (κ1) is 27.0. The Morgan fingerprint density at radius 1 is 0.800 bits per heavy atom. The molecule has 0 aliphatic rings. The molecule has 5 rings (SSSR count). The molecule has 5 aromatic rings. The van der Waals surface area contributed by atoms with Crippen molar-refractivity contribution in [3.63, 3.8) is 0 Å². The van der Waals surface area contributed by atoms with E-state index < -0.39 is 0 Å². The summed E-state index contributed by atoms with van der Waals surface area (Å²) in [7, 11) is 1.66. The molecular formula is C34H35N3O3. The van der Waals surface area contributed by atoms with Crippen LogP contribution in [0, 0.1) is 0 Å². The summed E-state index contributed by atoms with van der Waals surface area (Å²) in [6.45, 7) is 2.04. The van der Waals surface area contributed by atoms with E-state index in [1.165, 1.54) is 5.56 Å². The average Bonchev–Trinajstić information content (AvgIpc) is 3.36. The maximum atomic E-state index is 12.6. The van der Waals surface area contributed by atoms with Crippen molar-refractivity contribution in [1.29, 1.82) is 0 Å². The van der Waals surface area contributed by atoms with E-state index in [0.717, 1.165) is 65.3 Å². The second kappa shape index (κ2) is 13.5. The van der Waals surface area contributed by atoms with Gasteiger partial charge in [-0.2, -0.15) is 0 Å². The number of aromatic nitrogens is 2. The van der Waals surface area contributed by atoms with Crippen LogP contribution in [0.4, 0.5) is 0 Å². The second-order valence-corrected chi connectivity index (χ2v) is 9.74. The molecule has 0 unspecified atom stereocenters. The molecule has 0 radical (unpaired) electrons. The Hall–Kier alpha value is -4.58. The number of ether oxygens (including phenoxy) is 2. The van der Waals surface area contributed by atoms with Crippen LogP contribution in [0.2, 0.25) is 0 Å². The minimum Gasteiger partial charge on any atom is -0.497 e. The first-order valence-electron chi connectivity index (χ1n) is 13.8. The smallest absolute Gasteiger partial charge is 0.224 e. The molecule has 6 heteroatoms. The number of methoxy groups -OCH3 is 1. The predicted molar refractivity (Wildman–Crippen MR) is 160 cm³/mol. The molecule has 0 aliphatic heterocycles. The van der Waals surface area contributed by atoms with E-state index in [0.29, 0.717) is 19.6 Å². The molecular weight excluding hydrogens is 498 g/mol. The van der Waals surface area contributed by atoms with E-state index in [2.05, 4.69) is 40.2 Å². The molecule has 0 atom stereocenters. The van der Waals surface area contributed by atoms with E-state index in [-0.39, 0.29) is 5.91 Å². The lowest BCUT2D eigenvalue weighted by Gasteiger charge is -2.11. The van der Waals surface area contributed by atoms with E-state index in [1.807, 2.05) is 72.8 Å². The van der Waals surface area contributed by atoms with Crippen molar-refractivity contribution in [3.8, 4) is 22.6 Å². The standard InChI is InChI=1S/C34H35N3O3/c1-39-29-18-20-30(21-19-29)40-24-8-23-37-32-12-6-5-11-31(32)36-33(37)13-7-22-35-34(38)25-26-14-16-28(17-15-26)27-9-3-2-4-10-27/h2-6,9-12,14-21H,7-8,13,22-25H2,1H3,(H,35,38). The van der Waals surface area contributed by atoms with Crippen LogP contribution in [0.15, 0.2) is 103 Å². The highest BCUT2D eigenvalue weighted by atomic mass is 16.5. The normalized spacial score (nSPS) is 10.9. The maximum Gasteiger partial charge on any atom is 0.224 e. The van der Waals surface area contributed by atoms with Gasteiger partial charge in [0.15, 0.2) is 0 Å². The fourth-order valence-electron chi connectivity index (χ4n) is 4.82. The van der Waals surface area contributed by atoms with E-state index in [1.54, 1.807) is 7.11 Å². The van der Waals surface area contributed by atoms with Crippen LogP contribution in [-0.4, -0.2) is 35.7 Å². The van der Waals surface area contributed by atoms with Gasteiger partial charge in [0.25, 0.3) is 0 Å². The van der Waals surface area contributed by atoms with Gasteiger partial charge in [0, 0.05) is 19.5 Å². The molecule has 6 nitrogen and oxygen atoms in total. The summed E-state index contributed by atoms with van der Waals surface area (Å²) in [4.78, 5) is 17.4. The summed E-state index contributed by atoms with van der Waals surface area (Å²) in [5, 5.41) is 3.07. The minimum absolute atomic E-state index is 0.0386. The van der Waals surface area contributed by atoms with Gasteiger partial charge in [0.2, 0.25) is 5.91 Å². The van der Waals surface area contributed by atoms with Gasteiger partial charge in [-0.25, -0.2) is 4.98 Å². The zero-order valence-electron chi connectivity index (χ0n) is 22.9. The van der Waals surface area contributed by atoms with Crippen LogP contribution in [-0.2, 0) is 24.2 Å². The van der Waals surface area contributed by atoms with Crippen molar-refractivity contribution < 1.29 is 14.3 Å². The number of carbonyl (C=O) groups is 1. The summed E-state index contributed by atoms with van der Waals surface area (Å²) in [5.41, 5.74) is 5.46. The third-order valence-electron chi connectivity index (χ3n) is 6.91. The monoisotopic (exact) mass is 533 g/mol. The topological polar surface area (TPSA) is 65.4 Å². The Kier molecular flexibility index (Phi) is 9.09. The quantitative estimate of drug-likeness (QED) is 0.176. The number of imidazole rings is 1. The first-order chi connectivity index (χ1) is 19.7. The molecule has 1 aromatic heterocycles. The van der Waals surface area contributed by atoms with Gasteiger partial charge in [0.1, 0.15) is 17.3 Å². The number of carbonyl (C=O) groups excluding carboxylic acids is 1. The van der Waals surface area contributed by atoms with Crippen molar-refractivity contribution in [2.75, 3.05) is 20.3 Å². The molecule has 204 valence electrons. The molecule has 0 saturated carbocycles. The van der Waals surface area contributed by atoms with Crippen LogP contribution in [0.1, 0.15) is 24.2 Å². The zero-order valence-corrected chi connectivity index (χ0v) is 22.9. The number of fused-ring (bicyclic) bond motifs is 1. The van der Waals surface area contributed by atoms with Gasteiger partial charge in [-0.3, -0.25) is 4.79 Å². The third-order valence-corrected chi connectivity index (χ3v) is 6.91. The molecule has 0 saturated heterocycles. The number of benzene rings is 4. The highest BCUT2D eigenvalue weighted by molar-refractivity contribution is 5.79. The number of amides is 1. The number of rotatable bonds is 13. The lowest BCUT2D eigenvalue weighted by Crippen LogP contribution is -2.26.